The first-order valence-electron chi connectivity index (χ1n) is 4.76. The molecule has 0 saturated carbocycles. The lowest BCUT2D eigenvalue weighted by atomic mass is 10.0. The zero-order chi connectivity index (χ0) is 10.7. The van der Waals surface area contributed by atoms with Crippen LogP contribution in [0.25, 0.3) is 10.1 Å². The van der Waals surface area contributed by atoms with Crippen molar-refractivity contribution < 1.29 is 0 Å². The largest absolute Gasteiger partial charge is 0.198 e. The van der Waals surface area contributed by atoms with Gasteiger partial charge >= 0.3 is 0 Å². The van der Waals surface area contributed by atoms with Crippen LogP contribution in [-0.2, 0) is 6.42 Å². The van der Waals surface area contributed by atoms with Gasteiger partial charge in [-0.05, 0) is 28.8 Å². The molecule has 3 heteroatoms. The molecule has 0 spiro atoms. The second-order valence-corrected chi connectivity index (χ2v) is 4.66. The number of halogens is 1. The molecule has 1 unspecified atom stereocenters. The molecule has 1 aromatic carbocycles. The summed E-state index contributed by atoms with van der Waals surface area (Å²) in [6.07, 6.45) is 0.754. The van der Waals surface area contributed by atoms with Gasteiger partial charge in [0.1, 0.15) is 0 Å². The molecule has 1 nitrogen and oxygen atoms in total. The second-order valence-electron chi connectivity index (χ2n) is 3.44. The third-order valence-electron chi connectivity index (χ3n) is 2.40. The van der Waals surface area contributed by atoms with Gasteiger partial charge in [-0.2, -0.15) is 5.26 Å². The molecule has 0 N–H and O–H groups in total. The highest BCUT2D eigenvalue weighted by Crippen LogP contribution is 2.27. The Bertz CT molecular complexity index is 498. The van der Waals surface area contributed by atoms with Gasteiger partial charge < -0.3 is 0 Å². The fourth-order valence-electron chi connectivity index (χ4n) is 1.59. The predicted molar refractivity (Wildman–Crippen MR) is 65.4 cm³/mol. The lowest BCUT2D eigenvalue weighted by Gasteiger charge is -2.02. The van der Waals surface area contributed by atoms with Crippen molar-refractivity contribution in [3.05, 3.63) is 35.2 Å². The van der Waals surface area contributed by atoms with Gasteiger partial charge in [-0.3, -0.25) is 0 Å². The highest BCUT2D eigenvalue weighted by atomic mass is 35.5. The Morgan fingerprint density at radius 1 is 1.40 bits per heavy atom. The van der Waals surface area contributed by atoms with Gasteiger partial charge in [-0.15, -0.1) is 22.9 Å². The van der Waals surface area contributed by atoms with E-state index < -0.39 is 0 Å². The fraction of sp³-hybridized carbons (Fsp3) is 0.250. The normalized spacial score (nSPS) is 12.5. The Morgan fingerprint density at radius 2 is 2.20 bits per heavy atom. The van der Waals surface area contributed by atoms with Gasteiger partial charge in [-0.1, -0.05) is 18.2 Å². The summed E-state index contributed by atoms with van der Waals surface area (Å²) in [5, 5.41) is 12.2. The van der Waals surface area contributed by atoms with E-state index in [9.17, 15) is 0 Å². The van der Waals surface area contributed by atoms with E-state index in [1.807, 2.05) is 12.1 Å². The summed E-state index contributed by atoms with van der Waals surface area (Å²) in [5.74, 6) is 0.324. The molecule has 0 bridgehead atoms. The third kappa shape index (κ3) is 2.14. The van der Waals surface area contributed by atoms with Crippen molar-refractivity contribution in [2.24, 2.45) is 5.92 Å². The summed E-state index contributed by atoms with van der Waals surface area (Å²) >= 11 is 7.44. The zero-order valence-electron chi connectivity index (χ0n) is 8.11. The number of rotatable bonds is 3. The van der Waals surface area contributed by atoms with Gasteiger partial charge in [0.2, 0.25) is 0 Å². The van der Waals surface area contributed by atoms with Crippen LogP contribution in [0.3, 0.4) is 0 Å². The number of alkyl halides is 1. The summed E-state index contributed by atoms with van der Waals surface area (Å²) in [7, 11) is 0. The van der Waals surface area contributed by atoms with E-state index in [4.69, 9.17) is 16.9 Å². The zero-order valence-corrected chi connectivity index (χ0v) is 9.68. The molecule has 1 aromatic heterocycles. The van der Waals surface area contributed by atoms with Gasteiger partial charge in [0.25, 0.3) is 0 Å². The van der Waals surface area contributed by atoms with Crippen LogP contribution in [-0.4, -0.2) is 5.88 Å². The van der Waals surface area contributed by atoms with E-state index in [0.717, 1.165) is 6.42 Å². The van der Waals surface area contributed by atoms with Gasteiger partial charge in [0.15, 0.2) is 0 Å². The molecule has 0 amide bonds. The van der Waals surface area contributed by atoms with Gasteiger partial charge in [0, 0.05) is 10.6 Å². The van der Waals surface area contributed by atoms with Gasteiger partial charge in [0.05, 0.1) is 12.0 Å². The molecular formula is C12H10ClNS. The van der Waals surface area contributed by atoms with Crippen molar-refractivity contribution in [2.45, 2.75) is 6.42 Å². The van der Waals surface area contributed by atoms with Gasteiger partial charge in [-0.25, -0.2) is 0 Å². The minimum absolute atomic E-state index is 0.0790. The molecule has 1 heterocycles. The van der Waals surface area contributed by atoms with Crippen LogP contribution in [0.4, 0.5) is 0 Å². The summed E-state index contributed by atoms with van der Waals surface area (Å²) in [5.41, 5.74) is 1.24. The number of nitriles is 1. The first kappa shape index (κ1) is 10.5. The minimum atomic E-state index is -0.0790. The molecular weight excluding hydrogens is 226 g/mol. The lowest BCUT2D eigenvalue weighted by Crippen LogP contribution is -2.02. The van der Waals surface area contributed by atoms with Crippen LogP contribution in [0.1, 0.15) is 5.56 Å². The van der Waals surface area contributed by atoms with Crippen LogP contribution in [0.15, 0.2) is 29.6 Å². The SMILES string of the molecule is N#CC(CCl)Cc1csc2ccccc12. The summed E-state index contributed by atoms with van der Waals surface area (Å²) < 4.78 is 1.28. The van der Waals surface area contributed by atoms with Crippen LogP contribution in [0, 0.1) is 17.2 Å². The van der Waals surface area contributed by atoms with E-state index in [1.54, 1.807) is 11.3 Å². The molecule has 0 radical (unpaired) electrons. The predicted octanol–water partition coefficient (Wildman–Crippen LogP) is 3.82. The minimum Gasteiger partial charge on any atom is -0.198 e. The Morgan fingerprint density at radius 3 is 2.93 bits per heavy atom. The topological polar surface area (TPSA) is 23.8 Å². The Hall–Kier alpha value is -1.04. The van der Waals surface area contributed by atoms with Crippen molar-refractivity contribution in [1.82, 2.24) is 0 Å². The standard InChI is InChI=1S/C12H10ClNS/c13-6-9(7-14)5-10-8-15-12-4-2-1-3-11(10)12/h1-4,8-9H,5-6H2. The van der Waals surface area contributed by atoms with E-state index in [0.29, 0.717) is 5.88 Å². The summed E-state index contributed by atoms with van der Waals surface area (Å²) in [6, 6.07) is 10.5. The van der Waals surface area contributed by atoms with E-state index >= 15 is 0 Å². The molecule has 1 atom stereocenters. The monoisotopic (exact) mass is 235 g/mol. The summed E-state index contributed by atoms with van der Waals surface area (Å²) in [6.45, 7) is 0. The number of benzene rings is 1. The molecule has 2 rings (SSSR count). The fourth-order valence-corrected chi connectivity index (χ4v) is 2.74. The third-order valence-corrected chi connectivity index (χ3v) is 3.78. The highest BCUT2D eigenvalue weighted by molar-refractivity contribution is 7.17. The van der Waals surface area contributed by atoms with Crippen molar-refractivity contribution in [3.63, 3.8) is 0 Å². The van der Waals surface area contributed by atoms with Crippen LogP contribution in [0.2, 0.25) is 0 Å². The quantitative estimate of drug-likeness (QED) is 0.742. The smallest absolute Gasteiger partial charge is 0.0671 e. The molecule has 15 heavy (non-hydrogen) atoms. The number of thiophene rings is 1. The maximum absolute atomic E-state index is 8.87. The van der Waals surface area contributed by atoms with E-state index in [-0.39, 0.29) is 5.92 Å². The maximum atomic E-state index is 8.87. The lowest BCUT2D eigenvalue weighted by molar-refractivity contribution is 0.752. The van der Waals surface area contributed by atoms with Crippen LogP contribution in [0.5, 0.6) is 0 Å². The van der Waals surface area contributed by atoms with E-state index in [1.165, 1.54) is 15.6 Å². The number of nitrogens with zero attached hydrogens (tertiary/aromatic N) is 1. The average Bonchev–Trinajstić information content (AvgIpc) is 2.69. The average molecular weight is 236 g/mol. The van der Waals surface area contributed by atoms with Crippen molar-refractivity contribution in [3.8, 4) is 6.07 Å². The first-order valence-corrected chi connectivity index (χ1v) is 6.17. The molecule has 0 aliphatic carbocycles. The molecule has 2 aromatic rings. The number of fused-ring (bicyclic) bond motifs is 1. The molecule has 0 aliphatic rings. The highest BCUT2D eigenvalue weighted by Gasteiger charge is 2.10. The molecule has 0 saturated heterocycles. The van der Waals surface area contributed by atoms with Crippen LogP contribution < -0.4 is 0 Å². The Labute approximate surface area is 97.9 Å². The molecule has 76 valence electrons. The number of hydrogen-bond acceptors (Lipinski definition) is 2. The Balaban J connectivity index is 2.33. The van der Waals surface area contributed by atoms with E-state index in [2.05, 4.69) is 23.6 Å². The van der Waals surface area contributed by atoms with Crippen molar-refractivity contribution in [1.29, 1.82) is 5.26 Å². The summed E-state index contributed by atoms with van der Waals surface area (Å²) in [4.78, 5) is 0. The number of hydrogen-bond donors (Lipinski definition) is 0. The maximum Gasteiger partial charge on any atom is 0.0671 e. The Kier molecular flexibility index (Phi) is 3.25. The molecule has 0 fully saturated rings. The second kappa shape index (κ2) is 4.65. The van der Waals surface area contributed by atoms with Crippen LogP contribution >= 0.6 is 22.9 Å². The van der Waals surface area contributed by atoms with Crippen molar-refractivity contribution >= 4 is 33.0 Å². The molecule has 0 aliphatic heterocycles. The van der Waals surface area contributed by atoms with Crippen molar-refractivity contribution in [2.75, 3.05) is 5.88 Å². The first-order chi connectivity index (χ1) is 7.35.